The van der Waals surface area contributed by atoms with Crippen LogP contribution in [0.1, 0.15) is 0 Å². The summed E-state index contributed by atoms with van der Waals surface area (Å²) in [5.41, 5.74) is -0.287. The molecule has 0 aromatic heterocycles. The molecular weight excluding hydrogens is 386 g/mol. The number of carbonyl (C=O) groups excluding carboxylic acids is 1. The minimum absolute atomic E-state index is 0.127. The van der Waals surface area contributed by atoms with Crippen LogP contribution in [0.4, 0.5) is 15.8 Å². The molecule has 24 heavy (non-hydrogen) atoms. The largest absolute Gasteiger partial charge is 0.481 e. The molecule has 0 spiro atoms. The predicted octanol–water partition coefficient (Wildman–Crippen LogP) is 4.71. The van der Waals surface area contributed by atoms with Gasteiger partial charge in [0.15, 0.2) is 18.2 Å². The van der Waals surface area contributed by atoms with Crippen LogP contribution >= 0.6 is 34.8 Å². The Morgan fingerprint density at radius 2 is 1.83 bits per heavy atom. The van der Waals surface area contributed by atoms with Crippen LogP contribution in [0.25, 0.3) is 0 Å². The third-order valence-electron chi connectivity index (χ3n) is 2.76. The van der Waals surface area contributed by atoms with Gasteiger partial charge in [-0.1, -0.05) is 34.8 Å². The van der Waals surface area contributed by atoms with E-state index < -0.39 is 28.9 Å². The second kappa shape index (κ2) is 7.65. The molecule has 0 saturated carbocycles. The van der Waals surface area contributed by atoms with E-state index in [2.05, 4.69) is 5.32 Å². The summed E-state index contributed by atoms with van der Waals surface area (Å²) in [7, 11) is 0. The Bertz CT molecular complexity index is 794. The Labute approximate surface area is 150 Å². The molecule has 10 heteroatoms. The van der Waals surface area contributed by atoms with Crippen LogP contribution < -0.4 is 10.1 Å². The number of nitrogens with zero attached hydrogens (tertiary/aromatic N) is 1. The number of rotatable bonds is 5. The highest BCUT2D eigenvalue weighted by Gasteiger charge is 2.15. The van der Waals surface area contributed by atoms with Gasteiger partial charge in [-0.05, 0) is 18.2 Å². The first-order valence-electron chi connectivity index (χ1n) is 6.29. The molecule has 126 valence electrons. The first kappa shape index (κ1) is 18.3. The van der Waals surface area contributed by atoms with Crippen molar-refractivity contribution in [3.8, 4) is 5.75 Å². The lowest BCUT2D eigenvalue weighted by Crippen LogP contribution is -2.21. The maximum absolute atomic E-state index is 13.6. The molecule has 0 bridgehead atoms. The molecule has 0 radical (unpaired) electrons. The van der Waals surface area contributed by atoms with Crippen LogP contribution in [0.2, 0.25) is 15.1 Å². The fraction of sp³-hybridized carbons (Fsp3) is 0.0714. The quantitative estimate of drug-likeness (QED) is 0.589. The van der Waals surface area contributed by atoms with Crippen LogP contribution in [0, 0.1) is 15.9 Å². The Morgan fingerprint density at radius 1 is 1.21 bits per heavy atom. The second-order valence-electron chi connectivity index (χ2n) is 4.45. The van der Waals surface area contributed by atoms with Crippen molar-refractivity contribution in [2.24, 2.45) is 0 Å². The Morgan fingerprint density at radius 3 is 2.38 bits per heavy atom. The van der Waals surface area contributed by atoms with E-state index in [0.717, 1.165) is 12.1 Å². The Hall–Kier alpha value is -2.09. The SMILES string of the molecule is O=C(COc1ccc([N+](=O)[O-])cc1F)Nc1c(Cl)cc(Cl)cc1Cl. The summed E-state index contributed by atoms with van der Waals surface area (Å²) in [4.78, 5) is 21.6. The van der Waals surface area contributed by atoms with Crippen LogP contribution in [-0.4, -0.2) is 17.4 Å². The van der Waals surface area contributed by atoms with Crippen molar-refractivity contribution in [1.82, 2.24) is 0 Å². The van der Waals surface area contributed by atoms with Crippen molar-refractivity contribution in [1.29, 1.82) is 0 Å². The highest BCUT2D eigenvalue weighted by Crippen LogP contribution is 2.33. The van der Waals surface area contributed by atoms with Gasteiger partial charge in [-0.25, -0.2) is 4.39 Å². The lowest BCUT2D eigenvalue weighted by molar-refractivity contribution is -0.385. The Kier molecular flexibility index (Phi) is 5.82. The van der Waals surface area contributed by atoms with Gasteiger partial charge in [0, 0.05) is 11.1 Å². The maximum Gasteiger partial charge on any atom is 0.272 e. The zero-order valence-electron chi connectivity index (χ0n) is 11.7. The highest BCUT2D eigenvalue weighted by molar-refractivity contribution is 6.42. The molecule has 0 aliphatic heterocycles. The van der Waals surface area contributed by atoms with Gasteiger partial charge in [0.2, 0.25) is 0 Å². The van der Waals surface area contributed by atoms with Gasteiger partial charge < -0.3 is 10.1 Å². The van der Waals surface area contributed by atoms with E-state index in [1.165, 1.54) is 12.1 Å². The Balaban J connectivity index is 2.03. The molecule has 0 atom stereocenters. The molecule has 0 saturated heterocycles. The van der Waals surface area contributed by atoms with Crippen molar-refractivity contribution >= 4 is 52.1 Å². The van der Waals surface area contributed by atoms with Crippen molar-refractivity contribution in [2.75, 3.05) is 11.9 Å². The minimum Gasteiger partial charge on any atom is -0.481 e. The third kappa shape index (κ3) is 4.47. The molecule has 1 N–H and O–H groups in total. The number of ether oxygens (including phenoxy) is 1. The van der Waals surface area contributed by atoms with Gasteiger partial charge in [0.25, 0.3) is 11.6 Å². The normalized spacial score (nSPS) is 10.3. The van der Waals surface area contributed by atoms with Gasteiger partial charge in [0.1, 0.15) is 0 Å². The predicted molar refractivity (Wildman–Crippen MR) is 88.7 cm³/mol. The highest BCUT2D eigenvalue weighted by atomic mass is 35.5. The zero-order valence-corrected chi connectivity index (χ0v) is 14.0. The summed E-state index contributed by atoms with van der Waals surface area (Å²) in [6, 6.07) is 5.59. The number of nitro groups is 1. The van der Waals surface area contributed by atoms with E-state index in [-0.39, 0.29) is 21.5 Å². The van der Waals surface area contributed by atoms with E-state index in [4.69, 9.17) is 39.5 Å². The van der Waals surface area contributed by atoms with Crippen LogP contribution in [0.15, 0.2) is 30.3 Å². The molecule has 0 aliphatic rings. The van der Waals surface area contributed by atoms with Crippen LogP contribution in [0.3, 0.4) is 0 Å². The fourth-order valence-electron chi connectivity index (χ4n) is 1.70. The molecule has 0 heterocycles. The van der Waals surface area contributed by atoms with Crippen molar-refractivity contribution in [2.45, 2.75) is 0 Å². The van der Waals surface area contributed by atoms with E-state index in [1.54, 1.807) is 0 Å². The zero-order chi connectivity index (χ0) is 17.9. The number of halogens is 4. The molecule has 0 fully saturated rings. The topological polar surface area (TPSA) is 81.5 Å². The molecule has 2 aromatic rings. The lowest BCUT2D eigenvalue weighted by atomic mass is 10.3. The van der Waals surface area contributed by atoms with Crippen LogP contribution in [0.5, 0.6) is 5.75 Å². The number of hydrogen-bond acceptors (Lipinski definition) is 4. The molecular formula is C14H8Cl3FN2O4. The smallest absolute Gasteiger partial charge is 0.272 e. The number of hydrogen-bond donors (Lipinski definition) is 1. The molecule has 0 aliphatic carbocycles. The lowest BCUT2D eigenvalue weighted by Gasteiger charge is -2.11. The standard InChI is InChI=1S/C14H8Cl3FN2O4/c15-7-3-9(16)14(10(17)4-7)19-13(21)6-24-12-2-1-8(20(22)23)5-11(12)18/h1-5H,6H2,(H,19,21). The summed E-state index contributed by atoms with van der Waals surface area (Å²) >= 11 is 17.6. The van der Waals surface area contributed by atoms with Gasteiger partial charge in [-0.2, -0.15) is 0 Å². The summed E-state index contributed by atoms with van der Waals surface area (Å²) in [6.45, 7) is -0.552. The second-order valence-corrected chi connectivity index (χ2v) is 5.70. The van der Waals surface area contributed by atoms with E-state index in [9.17, 15) is 19.3 Å². The molecule has 1 amide bonds. The number of non-ortho nitro benzene ring substituents is 1. The first-order valence-corrected chi connectivity index (χ1v) is 7.42. The van der Waals surface area contributed by atoms with Gasteiger partial charge in [-0.15, -0.1) is 0 Å². The average molecular weight is 394 g/mol. The van der Waals surface area contributed by atoms with Crippen molar-refractivity contribution in [3.63, 3.8) is 0 Å². The molecule has 2 aromatic carbocycles. The summed E-state index contributed by atoms with van der Waals surface area (Å²) in [5.74, 6) is -1.91. The van der Waals surface area contributed by atoms with Crippen molar-refractivity contribution < 1.29 is 18.8 Å². The van der Waals surface area contributed by atoms with Gasteiger partial charge in [-0.3, -0.25) is 14.9 Å². The minimum atomic E-state index is -0.959. The average Bonchev–Trinajstić information content (AvgIpc) is 2.49. The van der Waals surface area contributed by atoms with Crippen LogP contribution in [-0.2, 0) is 4.79 Å². The number of carbonyl (C=O) groups is 1. The monoisotopic (exact) mass is 392 g/mol. The van der Waals surface area contributed by atoms with Crippen molar-refractivity contribution in [3.05, 3.63) is 61.3 Å². The number of anilines is 1. The van der Waals surface area contributed by atoms with E-state index >= 15 is 0 Å². The van der Waals surface area contributed by atoms with E-state index in [1.807, 2.05) is 0 Å². The number of nitro benzene ring substituents is 1. The summed E-state index contributed by atoms with van der Waals surface area (Å²) in [6.07, 6.45) is 0. The molecule has 0 unspecified atom stereocenters. The maximum atomic E-state index is 13.6. The number of amides is 1. The van der Waals surface area contributed by atoms with E-state index in [0.29, 0.717) is 11.1 Å². The summed E-state index contributed by atoms with van der Waals surface area (Å²) < 4.78 is 18.6. The molecule has 6 nitrogen and oxygen atoms in total. The fourth-order valence-corrected chi connectivity index (χ4v) is 2.61. The number of benzene rings is 2. The molecule has 2 rings (SSSR count). The van der Waals surface area contributed by atoms with Gasteiger partial charge >= 0.3 is 0 Å². The first-order chi connectivity index (χ1) is 11.3. The number of nitrogens with one attached hydrogen (secondary N) is 1. The third-order valence-corrected chi connectivity index (χ3v) is 3.57. The summed E-state index contributed by atoms with van der Waals surface area (Å²) in [5, 5.41) is 13.5. The van der Waals surface area contributed by atoms with Gasteiger partial charge in [0.05, 0.1) is 26.7 Å².